The third kappa shape index (κ3) is 8.24. The molecule has 0 aromatic carbocycles. The maximum Gasteiger partial charge on any atom is 0.257 e. The molecule has 0 amide bonds. The van der Waals surface area contributed by atoms with Gasteiger partial charge in [0.25, 0.3) is 6.43 Å². The number of morpholine rings is 1. The van der Waals surface area contributed by atoms with Crippen molar-refractivity contribution in [3.63, 3.8) is 0 Å². The molecule has 0 radical (unpaired) electrons. The first-order valence-electron chi connectivity index (χ1n) is 7.04. The molecule has 9 heteroatoms. The van der Waals surface area contributed by atoms with Crippen molar-refractivity contribution < 1.29 is 13.5 Å². The molecule has 1 saturated heterocycles. The van der Waals surface area contributed by atoms with Gasteiger partial charge in [-0.05, 0) is 19.5 Å². The largest absolute Gasteiger partial charge is 0.379 e. The van der Waals surface area contributed by atoms with E-state index in [1.165, 1.54) is 4.68 Å². The second-order valence-electron chi connectivity index (χ2n) is 4.95. The van der Waals surface area contributed by atoms with Crippen LogP contribution in [0.15, 0.2) is 12.4 Å². The lowest BCUT2D eigenvalue weighted by Crippen LogP contribution is -2.37. The van der Waals surface area contributed by atoms with Crippen molar-refractivity contribution in [1.82, 2.24) is 20.0 Å². The Morgan fingerprint density at radius 1 is 1.27 bits per heavy atom. The maximum atomic E-state index is 12.2. The number of rotatable bonds is 8. The number of halogens is 4. The number of nitrogens with one attached hydrogen (secondary N) is 1. The first-order chi connectivity index (χ1) is 9.74. The fourth-order valence-electron chi connectivity index (χ4n) is 2.22. The molecule has 0 spiro atoms. The van der Waals surface area contributed by atoms with Gasteiger partial charge in [-0.15, -0.1) is 24.8 Å². The fraction of sp³-hybridized carbons (Fsp3) is 0.769. The van der Waals surface area contributed by atoms with E-state index in [1.807, 2.05) is 0 Å². The van der Waals surface area contributed by atoms with Gasteiger partial charge in [-0.25, -0.2) is 8.78 Å². The average molecular weight is 361 g/mol. The van der Waals surface area contributed by atoms with Crippen molar-refractivity contribution in [2.24, 2.45) is 0 Å². The molecule has 22 heavy (non-hydrogen) atoms. The molecule has 130 valence electrons. The molecule has 1 aliphatic heterocycles. The molecule has 0 unspecified atom stereocenters. The minimum atomic E-state index is -2.36. The molecule has 5 nitrogen and oxygen atoms in total. The molecule has 1 aliphatic rings. The van der Waals surface area contributed by atoms with Gasteiger partial charge in [-0.2, -0.15) is 5.10 Å². The van der Waals surface area contributed by atoms with Crippen LogP contribution in [0.2, 0.25) is 0 Å². The molecule has 1 aromatic heterocycles. The number of ether oxygens (including phenoxy) is 1. The summed E-state index contributed by atoms with van der Waals surface area (Å²) in [6.45, 7) is 6.01. The lowest BCUT2D eigenvalue weighted by atomic mass is 10.3. The van der Waals surface area contributed by atoms with Gasteiger partial charge in [0.1, 0.15) is 6.54 Å². The van der Waals surface area contributed by atoms with Gasteiger partial charge in [0.15, 0.2) is 0 Å². The Hall–Kier alpha value is -0.470. The van der Waals surface area contributed by atoms with Crippen molar-refractivity contribution in [2.75, 3.05) is 39.4 Å². The van der Waals surface area contributed by atoms with Gasteiger partial charge in [0.05, 0.1) is 19.4 Å². The Morgan fingerprint density at radius 2 is 2.00 bits per heavy atom. The highest BCUT2D eigenvalue weighted by Gasteiger charge is 2.09. The Bertz CT molecular complexity index is 390. The van der Waals surface area contributed by atoms with Gasteiger partial charge < -0.3 is 10.1 Å². The smallest absolute Gasteiger partial charge is 0.257 e. The van der Waals surface area contributed by atoms with E-state index in [2.05, 4.69) is 15.3 Å². The van der Waals surface area contributed by atoms with Crippen molar-refractivity contribution in [2.45, 2.75) is 25.9 Å². The topological polar surface area (TPSA) is 42.3 Å². The summed E-state index contributed by atoms with van der Waals surface area (Å²) in [5, 5.41) is 7.21. The van der Waals surface area contributed by atoms with E-state index >= 15 is 0 Å². The monoisotopic (exact) mass is 360 g/mol. The van der Waals surface area contributed by atoms with Crippen LogP contribution >= 0.6 is 24.8 Å². The van der Waals surface area contributed by atoms with Gasteiger partial charge >= 0.3 is 0 Å². The molecule has 1 N–H and O–H groups in total. The molecular formula is C13H24Cl2F2N4O. The normalized spacial score (nSPS) is 15.4. The van der Waals surface area contributed by atoms with E-state index in [9.17, 15) is 8.78 Å². The van der Waals surface area contributed by atoms with Crippen LogP contribution in [0.3, 0.4) is 0 Å². The third-order valence-electron chi connectivity index (χ3n) is 3.27. The molecule has 0 aliphatic carbocycles. The van der Waals surface area contributed by atoms with Crippen LogP contribution in [-0.2, 0) is 17.8 Å². The zero-order chi connectivity index (χ0) is 14.2. The van der Waals surface area contributed by atoms with Gasteiger partial charge in [-0.3, -0.25) is 9.58 Å². The van der Waals surface area contributed by atoms with Crippen molar-refractivity contribution in [1.29, 1.82) is 0 Å². The summed E-state index contributed by atoms with van der Waals surface area (Å²) in [5.74, 6) is 0. The summed E-state index contributed by atoms with van der Waals surface area (Å²) in [6.07, 6.45) is 2.02. The molecular weight excluding hydrogens is 337 g/mol. The van der Waals surface area contributed by atoms with Gasteiger partial charge in [-0.1, -0.05) is 0 Å². The lowest BCUT2D eigenvalue weighted by Gasteiger charge is -2.26. The minimum absolute atomic E-state index is 0. The van der Waals surface area contributed by atoms with Crippen molar-refractivity contribution in [3.8, 4) is 0 Å². The van der Waals surface area contributed by atoms with E-state index in [1.54, 1.807) is 12.4 Å². The minimum Gasteiger partial charge on any atom is -0.379 e. The fourth-order valence-corrected chi connectivity index (χ4v) is 2.22. The molecule has 0 saturated carbocycles. The van der Waals surface area contributed by atoms with Crippen LogP contribution in [0.1, 0.15) is 12.0 Å². The van der Waals surface area contributed by atoms with Crippen LogP contribution in [0.4, 0.5) is 8.78 Å². The van der Waals surface area contributed by atoms with Gasteiger partial charge in [0, 0.05) is 31.4 Å². The second-order valence-corrected chi connectivity index (χ2v) is 4.95. The van der Waals surface area contributed by atoms with E-state index in [4.69, 9.17) is 4.74 Å². The lowest BCUT2D eigenvalue weighted by molar-refractivity contribution is 0.0374. The Kier molecular flexibility index (Phi) is 11.8. The summed E-state index contributed by atoms with van der Waals surface area (Å²) in [7, 11) is 0. The zero-order valence-corrected chi connectivity index (χ0v) is 14.1. The number of hydrogen-bond acceptors (Lipinski definition) is 4. The number of hydrogen-bond donors (Lipinski definition) is 1. The predicted molar refractivity (Wildman–Crippen MR) is 86.3 cm³/mol. The highest BCUT2D eigenvalue weighted by Crippen LogP contribution is 2.02. The number of alkyl halides is 2. The second kappa shape index (κ2) is 12.0. The first-order valence-corrected chi connectivity index (χ1v) is 7.04. The highest BCUT2D eigenvalue weighted by atomic mass is 35.5. The standard InChI is InChI=1S/C13H22F2N4O.2ClH/c14-13(15)11-19-10-12(9-17-19)8-16-2-1-3-18-4-6-20-7-5-18;;/h9-10,13,16H,1-8,11H2;2*1H. The summed E-state index contributed by atoms with van der Waals surface area (Å²) < 4.78 is 30.9. The van der Waals surface area contributed by atoms with Crippen LogP contribution in [0.25, 0.3) is 0 Å². The average Bonchev–Trinajstić information content (AvgIpc) is 2.86. The summed E-state index contributed by atoms with van der Waals surface area (Å²) in [4.78, 5) is 2.39. The van der Waals surface area contributed by atoms with Crippen LogP contribution in [-0.4, -0.2) is 60.5 Å². The SMILES string of the molecule is Cl.Cl.FC(F)Cn1cc(CNCCCN2CCOCC2)cn1. The number of aromatic nitrogens is 2. The third-order valence-corrected chi connectivity index (χ3v) is 3.27. The first kappa shape index (κ1) is 21.5. The van der Waals surface area contributed by atoms with E-state index in [0.29, 0.717) is 6.54 Å². The van der Waals surface area contributed by atoms with Crippen molar-refractivity contribution >= 4 is 24.8 Å². The summed E-state index contributed by atoms with van der Waals surface area (Å²) >= 11 is 0. The quantitative estimate of drug-likeness (QED) is 0.718. The van der Waals surface area contributed by atoms with Gasteiger partial charge in [0.2, 0.25) is 0 Å². The Morgan fingerprint density at radius 3 is 2.68 bits per heavy atom. The summed E-state index contributed by atoms with van der Waals surface area (Å²) in [6, 6.07) is 0. The Labute approximate surface area is 142 Å². The molecule has 0 bridgehead atoms. The van der Waals surface area contributed by atoms with Crippen LogP contribution in [0, 0.1) is 0 Å². The maximum absolute atomic E-state index is 12.2. The predicted octanol–water partition coefficient (Wildman–Crippen LogP) is 1.80. The molecule has 0 atom stereocenters. The zero-order valence-electron chi connectivity index (χ0n) is 12.4. The Balaban J connectivity index is 0.00000220. The van der Waals surface area contributed by atoms with Crippen LogP contribution < -0.4 is 5.32 Å². The van der Waals surface area contributed by atoms with E-state index in [0.717, 1.165) is 51.4 Å². The summed E-state index contributed by atoms with van der Waals surface area (Å²) in [5.41, 5.74) is 0.942. The molecule has 2 heterocycles. The van der Waals surface area contributed by atoms with E-state index < -0.39 is 6.43 Å². The molecule has 2 rings (SSSR count). The number of nitrogens with zero attached hydrogens (tertiary/aromatic N) is 3. The van der Waals surface area contributed by atoms with E-state index in [-0.39, 0.29) is 31.4 Å². The molecule has 1 fully saturated rings. The highest BCUT2D eigenvalue weighted by molar-refractivity contribution is 5.85. The van der Waals surface area contributed by atoms with Crippen LogP contribution in [0.5, 0.6) is 0 Å². The van der Waals surface area contributed by atoms with Crippen molar-refractivity contribution in [3.05, 3.63) is 18.0 Å². The molecule has 1 aromatic rings.